The average Bonchev–Trinajstić information content (AvgIpc) is 3.15. The Labute approximate surface area is 153 Å². The van der Waals surface area contributed by atoms with Crippen LogP contribution >= 0.6 is 0 Å². The van der Waals surface area contributed by atoms with Crippen LogP contribution in [0.4, 0.5) is 0 Å². The number of hydrogen-bond donors (Lipinski definition) is 0. The predicted molar refractivity (Wildman–Crippen MR) is 103 cm³/mol. The van der Waals surface area contributed by atoms with Crippen LogP contribution in [0.25, 0.3) is 0 Å². The van der Waals surface area contributed by atoms with Crippen molar-refractivity contribution in [3.63, 3.8) is 0 Å². The molecule has 0 aromatic heterocycles. The first-order valence-electron chi connectivity index (χ1n) is 9.86. The van der Waals surface area contributed by atoms with Crippen LogP contribution in [0.1, 0.15) is 58.9 Å². The lowest BCUT2D eigenvalue weighted by molar-refractivity contribution is 0.00578. The molecule has 138 valence electrons. The standard InChI is InChI=1S/C21H33BO3/c1-20(2)21(3,4)25-22(24-20)19(18-14-15-23-16-18)13-9-8-12-17-10-6-5-7-11-17/h5-7,10-11,18-19H,8-9,12-16H2,1-4H3/t18?,19-/m0/s1. The summed E-state index contributed by atoms with van der Waals surface area (Å²) in [7, 11) is -0.103. The topological polar surface area (TPSA) is 27.7 Å². The van der Waals surface area contributed by atoms with E-state index in [1.54, 1.807) is 0 Å². The van der Waals surface area contributed by atoms with Gasteiger partial charge in [0.05, 0.1) is 11.2 Å². The fraction of sp³-hybridized carbons (Fsp3) is 0.714. The highest BCUT2D eigenvalue weighted by Gasteiger charge is 2.54. The molecule has 2 aliphatic heterocycles. The Balaban J connectivity index is 1.57. The predicted octanol–water partition coefficient (Wildman–Crippen LogP) is 4.90. The third-order valence-electron chi connectivity index (χ3n) is 6.29. The molecule has 2 aliphatic rings. The molecule has 1 aromatic carbocycles. The van der Waals surface area contributed by atoms with E-state index >= 15 is 0 Å². The number of benzene rings is 1. The average molecular weight is 344 g/mol. The number of hydrogen-bond acceptors (Lipinski definition) is 3. The van der Waals surface area contributed by atoms with E-state index in [0.717, 1.165) is 32.5 Å². The quantitative estimate of drug-likeness (QED) is 0.520. The molecule has 3 nitrogen and oxygen atoms in total. The van der Waals surface area contributed by atoms with E-state index in [4.69, 9.17) is 14.0 Å². The molecule has 25 heavy (non-hydrogen) atoms. The summed E-state index contributed by atoms with van der Waals surface area (Å²) in [6.07, 6.45) is 5.86. The van der Waals surface area contributed by atoms with Gasteiger partial charge >= 0.3 is 7.12 Å². The van der Waals surface area contributed by atoms with Crippen molar-refractivity contribution in [2.75, 3.05) is 13.2 Å². The third-order valence-corrected chi connectivity index (χ3v) is 6.29. The van der Waals surface area contributed by atoms with Gasteiger partial charge in [-0.2, -0.15) is 0 Å². The maximum Gasteiger partial charge on any atom is 0.461 e. The van der Waals surface area contributed by atoms with E-state index < -0.39 is 0 Å². The second kappa shape index (κ2) is 7.81. The van der Waals surface area contributed by atoms with Gasteiger partial charge in [-0.3, -0.25) is 0 Å². The fourth-order valence-electron chi connectivity index (χ4n) is 3.90. The lowest BCUT2D eigenvalue weighted by Gasteiger charge is -2.32. The molecular formula is C21H33BO3. The molecular weight excluding hydrogens is 311 g/mol. The molecule has 2 atom stereocenters. The van der Waals surface area contributed by atoms with Gasteiger partial charge in [-0.05, 0) is 64.3 Å². The molecule has 2 fully saturated rings. The Morgan fingerprint density at radius 3 is 2.32 bits per heavy atom. The molecule has 3 rings (SSSR count). The first-order valence-corrected chi connectivity index (χ1v) is 9.86. The minimum atomic E-state index is -0.251. The van der Waals surface area contributed by atoms with Crippen LogP contribution in [0.2, 0.25) is 5.82 Å². The molecule has 2 saturated heterocycles. The van der Waals surface area contributed by atoms with E-state index in [-0.39, 0.29) is 18.3 Å². The minimum Gasteiger partial charge on any atom is -0.403 e. The minimum absolute atomic E-state index is 0.103. The summed E-state index contributed by atoms with van der Waals surface area (Å²) in [4.78, 5) is 0. The Morgan fingerprint density at radius 1 is 1.04 bits per heavy atom. The molecule has 0 bridgehead atoms. The summed E-state index contributed by atoms with van der Waals surface area (Å²) < 4.78 is 18.4. The van der Waals surface area contributed by atoms with Gasteiger partial charge in [0.2, 0.25) is 0 Å². The van der Waals surface area contributed by atoms with Crippen molar-refractivity contribution in [3.8, 4) is 0 Å². The lowest BCUT2D eigenvalue weighted by atomic mass is 9.62. The number of unbranched alkanes of at least 4 members (excludes halogenated alkanes) is 1. The maximum atomic E-state index is 6.38. The monoisotopic (exact) mass is 344 g/mol. The van der Waals surface area contributed by atoms with Crippen molar-refractivity contribution in [1.82, 2.24) is 0 Å². The van der Waals surface area contributed by atoms with Crippen LogP contribution in [0.5, 0.6) is 0 Å². The van der Waals surface area contributed by atoms with Crippen molar-refractivity contribution in [3.05, 3.63) is 35.9 Å². The van der Waals surface area contributed by atoms with Gasteiger partial charge in [0.25, 0.3) is 0 Å². The van der Waals surface area contributed by atoms with Crippen molar-refractivity contribution in [2.45, 2.75) is 76.8 Å². The largest absolute Gasteiger partial charge is 0.461 e. The first kappa shape index (κ1) is 18.9. The molecule has 1 unspecified atom stereocenters. The molecule has 4 heteroatoms. The van der Waals surface area contributed by atoms with Crippen LogP contribution in [0.15, 0.2) is 30.3 Å². The summed E-state index contributed by atoms with van der Waals surface area (Å²) in [5.74, 6) is 0.991. The summed E-state index contributed by atoms with van der Waals surface area (Å²) in [6.45, 7) is 10.3. The molecule has 2 heterocycles. The van der Waals surface area contributed by atoms with Gasteiger partial charge in [-0.15, -0.1) is 0 Å². The zero-order chi connectivity index (χ0) is 17.9. The van der Waals surface area contributed by atoms with Gasteiger partial charge < -0.3 is 14.0 Å². The number of ether oxygens (including phenoxy) is 1. The zero-order valence-corrected chi connectivity index (χ0v) is 16.3. The number of rotatable bonds is 7. The van der Waals surface area contributed by atoms with E-state index in [1.807, 2.05) is 0 Å². The van der Waals surface area contributed by atoms with Crippen LogP contribution in [0, 0.1) is 5.92 Å². The van der Waals surface area contributed by atoms with Crippen LogP contribution in [-0.2, 0) is 20.5 Å². The van der Waals surface area contributed by atoms with Gasteiger partial charge in [0.1, 0.15) is 0 Å². The highest BCUT2D eigenvalue weighted by molar-refractivity contribution is 6.47. The van der Waals surface area contributed by atoms with Gasteiger partial charge in [-0.1, -0.05) is 43.2 Å². The molecule has 0 amide bonds. The van der Waals surface area contributed by atoms with E-state index in [2.05, 4.69) is 58.0 Å². The van der Waals surface area contributed by atoms with Crippen LogP contribution in [0.3, 0.4) is 0 Å². The highest BCUT2D eigenvalue weighted by Crippen LogP contribution is 2.45. The normalized spacial score (nSPS) is 26.1. The smallest absolute Gasteiger partial charge is 0.403 e. The van der Waals surface area contributed by atoms with Crippen LogP contribution < -0.4 is 0 Å². The van der Waals surface area contributed by atoms with Gasteiger partial charge in [0.15, 0.2) is 0 Å². The molecule has 0 aliphatic carbocycles. The van der Waals surface area contributed by atoms with Crippen molar-refractivity contribution in [1.29, 1.82) is 0 Å². The van der Waals surface area contributed by atoms with E-state index in [1.165, 1.54) is 18.4 Å². The summed E-state index contributed by atoms with van der Waals surface area (Å²) in [5, 5.41) is 0. The fourth-order valence-corrected chi connectivity index (χ4v) is 3.90. The van der Waals surface area contributed by atoms with E-state index in [0.29, 0.717) is 11.7 Å². The van der Waals surface area contributed by atoms with Crippen molar-refractivity contribution in [2.24, 2.45) is 5.92 Å². The number of aryl methyl sites for hydroxylation is 1. The Hall–Kier alpha value is -0.835. The Kier molecular flexibility index (Phi) is 5.92. The molecule has 0 saturated carbocycles. The molecule has 0 radical (unpaired) electrons. The summed E-state index contributed by atoms with van der Waals surface area (Å²) in [6, 6.07) is 10.8. The highest BCUT2D eigenvalue weighted by atomic mass is 16.7. The lowest BCUT2D eigenvalue weighted by Crippen LogP contribution is -2.41. The zero-order valence-electron chi connectivity index (χ0n) is 16.3. The summed E-state index contributed by atoms with van der Waals surface area (Å²) >= 11 is 0. The molecule has 0 N–H and O–H groups in total. The second-order valence-corrected chi connectivity index (χ2v) is 8.64. The Bertz CT molecular complexity index is 521. The van der Waals surface area contributed by atoms with E-state index in [9.17, 15) is 0 Å². The Morgan fingerprint density at radius 2 is 1.72 bits per heavy atom. The molecule has 0 spiro atoms. The van der Waals surface area contributed by atoms with Gasteiger partial charge in [-0.25, -0.2) is 0 Å². The maximum absolute atomic E-state index is 6.38. The van der Waals surface area contributed by atoms with Crippen LogP contribution in [-0.4, -0.2) is 31.5 Å². The summed E-state index contributed by atoms with van der Waals surface area (Å²) in [5.41, 5.74) is 0.928. The molecule has 1 aromatic rings. The first-order chi connectivity index (χ1) is 11.9. The SMILES string of the molecule is CC1(C)OB([C@@H](CCCCc2ccccc2)C2CCOC2)OC1(C)C. The second-order valence-electron chi connectivity index (χ2n) is 8.64. The third kappa shape index (κ3) is 4.47. The van der Waals surface area contributed by atoms with Gasteiger partial charge in [0, 0.05) is 13.2 Å². The van der Waals surface area contributed by atoms with Crippen molar-refractivity contribution >= 4 is 7.12 Å². The van der Waals surface area contributed by atoms with Crippen molar-refractivity contribution < 1.29 is 14.0 Å².